The Morgan fingerprint density at radius 3 is 2.31 bits per heavy atom. The lowest BCUT2D eigenvalue weighted by Gasteiger charge is -2.41. The molecule has 78 valence electrons. The van der Waals surface area contributed by atoms with Gasteiger partial charge in [-0.3, -0.25) is 4.90 Å². The van der Waals surface area contributed by atoms with Crippen molar-refractivity contribution in [3.63, 3.8) is 0 Å². The topological polar surface area (TPSA) is 6.48 Å². The van der Waals surface area contributed by atoms with Gasteiger partial charge in [-0.05, 0) is 20.9 Å². The Morgan fingerprint density at radius 2 is 1.85 bits per heavy atom. The van der Waals surface area contributed by atoms with Crippen molar-refractivity contribution in [3.05, 3.63) is 0 Å². The number of likely N-dealkylation sites (N-methyl/N-ethyl adjacent to an activating group) is 1. The summed E-state index contributed by atoms with van der Waals surface area (Å²) in [6, 6.07) is -0.369. The highest BCUT2D eigenvalue weighted by Gasteiger charge is 2.33. The van der Waals surface area contributed by atoms with Gasteiger partial charge in [-0.1, -0.05) is 0 Å². The number of hydrogen-bond acceptors (Lipinski definition) is 2. The van der Waals surface area contributed by atoms with Crippen LogP contribution in [-0.2, 0) is 0 Å². The number of rotatable bonds is 2. The number of nitrogens with zero attached hydrogens (tertiary/aromatic N) is 2. The van der Waals surface area contributed by atoms with E-state index in [0.29, 0.717) is 6.54 Å². The number of hydrogen-bond donors (Lipinski definition) is 0. The van der Waals surface area contributed by atoms with Crippen molar-refractivity contribution in [2.75, 3.05) is 26.7 Å². The van der Waals surface area contributed by atoms with E-state index in [1.54, 1.807) is 0 Å². The molecule has 1 aliphatic heterocycles. The van der Waals surface area contributed by atoms with Gasteiger partial charge >= 0.3 is 0 Å². The first kappa shape index (κ1) is 10.9. The number of alkyl halides is 2. The molecule has 1 atom stereocenters. The Balaban J connectivity index is 2.60. The molecule has 1 unspecified atom stereocenters. The maximum Gasteiger partial charge on any atom is 0.255 e. The minimum Gasteiger partial charge on any atom is -0.303 e. The van der Waals surface area contributed by atoms with Gasteiger partial charge in [0.05, 0.1) is 6.04 Å². The monoisotopic (exact) mass is 192 g/mol. The average Bonchev–Trinajstić information content (AvgIpc) is 2.03. The lowest BCUT2D eigenvalue weighted by molar-refractivity contribution is -0.0317. The molecule has 0 saturated carbocycles. The smallest absolute Gasteiger partial charge is 0.255 e. The predicted molar refractivity (Wildman–Crippen MR) is 49.1 cm³/mol. The van der Waals surface area contributed by atoms with E-state index in [1.165, 1.54) is 0 Å². The summed E-state index contributed by atoms with van der Waals surface area (Å²) in [5.41, 5.74) is 0. The molecule has 0 aromatic carbocycles. The van der Waals surface area contributed by atoms with Gasteiger partial charge in [-0.25, -0.2) is 8.78 Å². The molecular weight excluding hydrogens is 174 g/mol. The highest BCUT2D eigenvalue weighted by Crippen LogP contribution is 2.17. The average molecular weight is 192 g/mol. The molecule has 0 bridgehead atoms. The second-order valence-electron chi connectivity index (χ2n) is 4.00. The summed E-state index contributed by atoms with van der Waals surface area (Å²) in [7, 11) is 1.90. The second kappa shape index (κ2) is 4.33. The summed E-state index contributed by atoms with van der Waals surface area (Å²) in [6.45, 7) is 6.07. The quantitative estimate of drug-likeness (QED) is 0.650. The van der Waals surface area contributed by atoms with Gasteiger partial charge in [0.25, 0.3) is 6.43 Å². The molecule has 0 aromatic rings. The third-order valence-corrected chi connectivity index (χ3v) is 2.62. The first-order valence-electron chi connectivity index (χ1n) is 4.75. The summed E-state index contributed by atoms with van der Waals surface area (Å²) >= 11 is 0. The van der Waals surface area contributed by atoms with Crippen molar-refractivity contribution in [1.29, 1.82) is 0 Å². The van der Waals surface area contributed by atoms with Gasteiger partial charge < -0.3 is 4.90 Å². The molecule has 13 heavy (non-hydrogen) atoms. The maximum atomic E-state index is 12.6. The van der Waals surface area contributed by atoms with Crippen molar-refractivity contribution in [2.45, 2.75) is 32.4 Å². The fraction of sp³-hybridized carbons (Fsp3) is 1.00. The molecule has 1 heterocycles. The van der Waals surface area contributed by atoms with Crippen LogP contribution in [0.5, 0.6) is 0 Å². The fourth-order valence-corrected chi connectivity index (χ4v) is 1.83. The van der Waals surface area contributed by atoms with E-state index in [0.717, 1.165) is 13.1 Å². The van der Waals surface area contributed by atoms with Crippen LogP contribution in [0.3, 0.4) is 0 Å². The van der Waals surface area contributed by atoms with Crippen LogP contribution < -0.4 is 0 Å². The highest BCUT2D eigenvalue weighted by molar-refractivity contribution is 4.84. The van der Waals surface area contributed by atoms with Gasteiger partial charge in [0.2, 0.25) is 0 Å². The zero-order valence-corrected chi connectivity index (χ0v) is 8.50. The van der Waals surface area contributed by atoms with E-state index in [4.69, 9.17) is 0 Å². The van der Waals surface area contributed by atoms with Crippen LogP contribution in [0.4, 0.5) is 8.78 Å². The fourth-order valence-electron chi connectivity index (χ4n) is 1.83. The normalized spacial score (nSPS) is 27.5. The molecular formula is C9H18F2N2. The van der Waals surface area contributed by atoms with Crippen LogP contribution in [0.1, 0.15) is 13.8 Å². The van der Waals surface area contributed by atoms with E-state index in [9.17, 15) is 8.78 Å². The largest absolute Gasteiger partial charge is 0.303 e. The molecule has 0 N–H and O–H groups in total. The van der Waals surface area contributed by atoms with E-state index >= 15 is 0 Å². The van der Waals surface area contributed by atoms with Crippen molar-refractivity contribution < 1.29 is 8.78 Å². The Labute approximate surface area is 78.5 Å². The third-order valence-electron chi connectivity index (χ3n) is 2.62. The lowest BCUT2D eigenvalue weighted by Crippen LogP contribution is -2.57. The SMILES string of the molecule is CC(C)N1CCN(C)CC1C(F)F. The minimum atomic E-state index is -2.23. The molecule has 1 rings (SSSR count). The third kappa shape index (κ3) is 2.61. The van der Waals surface area contributed by atoms with Crippen LogP contribution in [0.25, 0.3) is 0 Å². The predicted octanol–water partition coefficient (Wildman–Crippen LogP) is 1.28. The summed E-state index contributed by atoms with van der Waals surface area (Å²) in [5.74, 6) is 0. The zero-order valence-electron chi connectivity index (χ0n) is 8.50. The Kier molecular flexibility index (Phi) is 3.62. The molecule has 1 aliphatic rings. The Hall–Kier alpha value is -0.220. The van der Waals surface area contributed by atoms with Crippen LogP contribution >= 0.6 is 0 Å². The van der Waals surface area contributed by atoms with Crippen LogP contribution in [0.2, 0.25) is 0 Å². The van der Waals surface area contributed by atoms with E-state index in [-0.39, 0.29) is 6.04 Å². The van der Waals surface area contributed by atoms with Gasteiger partial charge in [-0.15, -0.1) is 0 Å². The lowest BCUT2D eigenvalue weighted by atomic mass is 10.1. The summed E-state index contributed by atoms with van der Waals surface area (Å²) in [5, 5.41) is 0. The molecule has 2 nitrogen and oxygen atoms in total. The summed E-state index contributed by atoms with van der Waals surface area (Å²) in [4.78, 5) is 3.86. The molecule has 0 spiro atoms. The van der Waals surface area contributed by atoms with E-state index < -0.39 is 12.5 Å². The van der Waals surface area contributed by atoms with E-state index in [2.05, 4.69) is 0 Å². The van der Waals surface area contributed by atoms with E-state index in [1.807, 2.05) is 30.7 Å². The summed E-state index contributed by atoms with van der Waals surface area (Å²) in [6.07, 6.45) is -2.23. The van der Waals surface area contributed by atoms with Gasteiger partial charge in [0.15, 0.2) is 0 Å². The Morgan fingerprint density at radius 1 is 1.23 bits per heavy atom. The van der Waals surface area contributed by atoms with Crippen molar-refractivity contribution in [2.24, 2.45) is 0 Å². The van der Waals surface area contributed by atoms with Gasteiger partial charge in [-0.2, -0.15) is 0 Å². The van der Waals surface area contributed by atoms with Gasteiger partial charge in [0, 0.05) is 25.7 Å². The van der Waals surface area contributed by atoms with Crippen molar-refractivity contribution in [1.82, 2.24) is 9.80 Å². The summed E-state index contributed by atoms with van der Waals surface area (Å²) < 4.78 is 25.3. The number of halogens is 2. The minimum absolute atomic E-state index is 0.215. The van der Waals surface area contributed by atoms with Crippen molar-refractivity contribution in [3.8, 4) is 0 Å². The van der Waals surface area contributed by atoms with Crippen LogP contribution in [0, 0.1) is 0 Å². The molecule has 1 saturated heterocycles. The highest BCUT2D eigenvalue weighted by atomic mass is 19.3. The maximum absolute atomic E-state index is 12.6. The van der Waals surface area contributed by atoms with Crippen LogP contribution in [0.15, 0.2) is 0 Å². The molecule has 1 fully saturated rings. The standard InChI is InChI=1S/C9H18F2N2/c1-7(2)13-5-4-12(3)6-8(13)9(10)11/h7-9H,4-6H2,1-3H3. The molecule has 0 amide bonds. The second-order valence-corrected chi connectivity index (χ2v) is 4.00. The zero-order chi connectivity index (χ0) is 10.0. The van der Waals surface area contributed by atoms with Crippen LogP contribution in [-0.4, -0.2) is 55.0 Å². The van der Waals surface area contributed by atoms with Crippen molar-refractivity contribution >= 4 is 0 Å². The molecule has 4 heteroatoms. The first-order chi connectivity index (χ1) is 6.02. The Bertz CT molecular complexity index is 162. The van der Waals surface area contributed by atoms with Gasteiger partial charge in [0.1, 0.15) is 0 Å². The first-order valence-corrected chi connectivity index (χ1v) is 4.75. The number of piperazine rings is 1. The molecule has 0 aromatic heterocycles. The molecule has 0 radical (unpaired) electrons. The molecule has 0 aliphatic carbocycles.